The second-order valence-corrected chi connectivity index (χ2v) is 7.62. The molecule has 118 valence electrons. The number of halogens is 1. The molecule has 0 N–H and O–H groups in total. The molecule has 0 aliphatic rings. The Bertz CT molecular complexity index is 709. The second kappa shape index (κ2) is 7.65. The van der Waals surface area contributed by atoms with Gasteiger partial charge < -0.3 is 4.74 Å². The number of hydrogen-bond donors (Lipinski definition) is 0. The van der Waals surface area contributed by atoms with Gasteiger partial charge in [-0.3, -0.25) is 0 Å². The average molecular weight is 339 g/mol. The van der Waals surface area contributed by atoms with Crippen molar-refractivity contribution in [3.63, 3.8) is 0 Å². The van der Waals surface area contributed by atoms with Gasteiger partial charge in [-0.2, -0.15) is 0 Å². The molecule has 0 radical (unpaired) electrons. The van der Waals surface area contributed by atoms with E-state index in [4.69, 9.17) is 15.4 Å². The van der Waals surface area contributed by atoms with Gasteiger partial charge in [0.1, 0.15) is 16.4 Å². The molecular formula is C17H19ClO3S. The Kier molecular flexibility index (Phi) is 5.86. The lowest BCUT2D eigenvalue weighted by Crippen LogP contribution is -1.95. The number of ether oxygens (including phenoxy) is 1. The summed E-state index contributed by atoms with van der Waals surface area (Å²) in [5.41, 5.74) is 1.25. The number of unbranched alkanes of at least 4 members (excludes halogenated alkanes) is 2. The zero-order valence-electron chi connectivity index (χ0n) is 12.5. The highest BCUT2D eigenvalue weighted by Crippen LogP contribution is 2.30. The topological polar surface area (TPSA) is 43.4 Å². The SMILES string of the molecule is CCCCCc1ccc(Oc2ccccc2S(=O)(=O)Cl)cc1. The summed E-state index contributed by atoms with van der Waals surface area (Å²) in [6, 6.07) is 14.0. The van der Waals surface area contributed by atoms with E-state index in [0.29, 0.717) is 5.75 Å². The van der Waals surface area contributed by atoms with Crippen LogP contribution >= 0.6 is 10.7 Å². The molecule has 5 heteroatoms. The standard InChI is InChI=1S/C17H19ClO3S/c1-2-3-4-7-14-10-12-15(13-11-14)21-16-8-5-6-9-17(16)22(18,19)20/h5-6,8-13H,2-4,7H2,1H3. The highest BCUT2D eigenvalue weighted by Gasteiger charge is 2.16. The van der Waals surface area contributed by atoms with Crippen LogP contribution in [-0.4, -0.2) is 8.42 Å². The van der Waals surface area contributed by atoms with Gasteiger partial charge in [-0.25, -0.2) is 8.42 Å². The molecular weight excluding hydrogens is 320 g/mol. The van der Waals surface area contributed by atoms with Crippen molar-refractivity contribution in [3.05, 3.63) is 54.1 Å². The van der Waals surface area contributed by atoms with E-state index in [0.717, 1.165) is 6.42 Å². The van der Waals surface area contributed by atoms with Gasteiger partial charge in [0.05, 0.1) is 0 Å². The molecule has 2 rings (SSSR count). The van der Waals surface area contributed by atoms with Crippen LogP contribution in [0.3, 0.4) is 0 Å². The molecule has 2 aromatic carbocycles. The third-order valence-corrected chi connectivity index (χ3v) is 4.69. The molecule has 0 aliphatic heterocycles. The fourth-order valence-electron chi connectivity index (χ4n) is 2.17. The maximum Gasteiger partial charge on any atom is 0.265 e. The van der Waals surface area contributed by atoms with E-state index in [9.17, 15) is 8.42 Å². The Balaban J connectivity index is 2.12. The summed E-state index contributed by atoms with van der Waals surface area (Å²) >= 11 is 0. The molecule has 0 heterocycles. The number of hydrogen-bond acceptors (Lipinski definition) is 3. The van der Waals surface area contributed by atoms with Gasteiger partial charge in [0.25, 0.3) is 9.05 Å². The molecule has 0 saturated heterocycles. The van der Waals surface area contributed by atoms with Gasteiger partial charge in [-0.1, -0.05) is 44.0 Å². The Morgan fingerprint density at radius 3 is 2.32 bits per heavy atom. The first-order valence-corrected chi connectivity index (χ1v) is 9.62. The van der Waals surface area contributed by atoms with Gasteiger partial charge in [0.15, 0.2) is 0 Å². The van der Waals surface area contributed by atoms with Crippen molar-refractivity contribution < 1.29 is 13.2 Å². The zero-order chi connectivity index (χ0) is 16.0. The van der Waals surface area contributed by atoms with Crippen LogP contribution in [0.15, 0.2) is 53.4 Å². The fraction of sp³-hybridized carbons (Fsp3) is 0.294. The Morgan fingerprint density at radius 2 is 1.68 bits per heavy atom. The summed E-state index contributed by atoms with van der Waals surface area (Å²) < 4.78 is 28.7. The first-order chi connectivity index (χ1) is 10.5. The minimum absolute atomic E-state index is 0.0244. The minimum Gasteiger partial charge on any atom is -0.456 e. The second-order valence-electron chi connectivity index (χ2n) is 5.09. The molecule has 0 saturated carbocycles. The van der Waals surface area contributed by atoms with Gasteiger partial charge in [0, 0.05) is 10.7 Å². The summed E-state index contributed by atoms with van der Waals surface area (Å²) in [4.78, 5) is -0.0244. The fourth-order valence-corrected chi connectivity index (χ4v) is 3.14. The third kappa shape index (κ3) is 4.75. The van der Waals surface area contributed by atoms with Crippen molar-refractivity contribution in [2.75, 3.05) is 0 Å². The molecule has 0 spiro atoms. The van der Waals surface area contributed by atoms with E-state index < -0.39 is 9.05 Å². The minimum atomic E-state index is -3.83. The van der Waals surface area contributed by atoms with Crippen LogP contribution in [0.4, 0.5) is 0 Å². The van der Waals surface area contributed by atoms with E-state index in [1.807, 2.05) is 24.3 Å². The lowest BCUT2D eigenvalue weighted by atomic mass is 10.1. The molecule has 2 aromatic rings. The van der Waals surface area contributed by atoms with Crippen LogP contribution in [0.1, 0.15) is 31.7 Å². The van der Waals surface area contributed by atoms with Crippen molar-refractivity contribution in [3.8, 4) is 11.5 Å². The number of para-hydroxylation sites is 1. The maximum absolute atomic E-state index is 11.5. The van der Waals surface area contributed by atoms with E-state index in [1.165, 1.54) is 30.9 Å². The first-order valence-electron chi connectivity index (χ1n) is 7.31. The molecule has 0 fully saturated rings. The van der Waals surface area contributed by atoms with Crippen molar-refractivity contribution in [2.24, 2.45) is 0 Å². The lowest BCUT2D eigenvalue weighted by Gasteiger charge is -2.09. The Morgan fingerprint density at radius 1 is 1.00 bits per heavy atom. The van der Waals surface area contributed by atoms with Crippen molar-refractivity contribution in [1.29, 1.82) is 0 Å². The predicted octanol–water partition coefficient (Wildman–Crippen LogP) is 5.14. The summed E-state index contributed by atoms with van der Waals surface area (Å²) in [6.07, 6.45) is 4.63. The molecule has 0 aromatic heterocycles. The number of rotatable bonds is 7. The Labute approximate surface area is 136 Å². The van der Waals surface area contributed by atoms with Crippen molar-refractivity contribution in [1.82, 2.24) is 0 Å². The van der Waals surface area contributed by atoms with Gasteiger partial charge >= 0.3 is 0 Å². The van der Waals surface area contributed by atoms with Crippen LogP contribution < -0.4 is 4.74 Å². The maximum atomic E-state index is 11.5. The van der Waals surface area contributed by atoms with Gasteiger partial charge in [-0.05, 0) is 42.7 Å². The van der Waals surface area contributed by atoms with Crippen molar-refractivity contribution >= 4 is 19.7 Å². The normalized spacial score (nSPS) is 11.4. The molecule has 0 unspecified atom stereocenters. The molecule has 0 bridgehead atoms. The molecule has 0 aliphatic carbocycles. The van der Waals surface area contributed by atoms with Crippen LogP contribution in [0.25, 0.3) is 0 Å². The van der Waals surface area contributed by atoms with Crippen LogP contribution in [-0.2, 0) is 15.5 Å². The first kappa shape index (κ1) is 16.8. The molecule has 0 atom stereocenters. The quantitative estimate of drug-likeness (QED) is 0.518. The van der Waals surface area contributed by atoms with Crippen LogP contribution in [0.2, 0.25) is 0 Å². The lowest BCUT2D eigenvalue weighted by molar-refractivity contribution is 0.468. The van der Waals surface area contributed by atoms with Gasteiger partial charge in [0.2, 0.25) is 0 Å². The average Bonchev–Trinajstić information content (AvgIpc) is 2.49. The molecule has 0 amide bonds. The van der Waals surface area contributed by atoms with Crippen LogP contribution in [0, 0.1) is 0 Å². The Hall–Kier alpha value is -1.52. The summed E-state index contributed by atoms with van der Waals surface area (Å²) in [7, 11) is 1.59. The highest BCUT2D eigenvalue weighted by atomic mass is 35.7. The van der Waals surface area contributed by atoms with E-state index >= 15 is 0 Å². The zero-order valence-corrected chi connectivity index (χ0v) is 14.0. The summed E-state index contributed by atoms with van der Waals surface area (Å²) in [6.45, 7) is 2.18. The molecule has 3 nitrogen and oxygen atoms in total. The highest BCUT2D eigenvalue weighted by molar-refractivity contribution is 8.13. The molecule has 22 heavy (non-hydrogen) atoms. The van der Waals surface area contributed by atoms with E-state index in [-0.39, 0.29) is 10.6 Å². The summed E-state index contributed by atoms with van der Waals surface area (Å²) in [5, 5.41) is 0. The van der Waals surface area contributed by atoms with Crippen molar-refractivity contribution in [2.45, 2.75) is 37.5 Å². The third-order valence-electron chi connectivity index (χ3n) is 3.33. The largest absolute Gasteiger partial charge is 0.456 e. The van der Waals surface area contributed by atoms with E-state index in [1.54, 1.807) is 18.2 Å². The number of benzene rings is 2. The van der Waals surface area contributed by atoms with Crippen LogP contribution in [0.5, 0.6) is 11.5 Å². The predicted molar refractivity (Wildman–Crippen MR) is 89.2 cm³/mol. The van der Waals surface area contributed by atoms with E-state index in [2.05, 4.69) is 6.92 Å². The smallest absolute Gasteiger partial charge is 0.265 e. The summed E-state index contributed by atoms with van der Waals surface area (Å²) in [5.74, 6) is 0.822. The monoisotopic (exact) mass is 338 g/mol. The van der Waals surface area contributed by atoms with Gasteiger partial charge in [-0.15, -0.1) is 0 Å². The number of aryl methyl sites for hydroxylation is 1.